The van der Waals surface area contributed by atoms with Crippen LogP contribution in [-0.4, -0.2) is 33.3 Å². The van der Waals surface area contributed by atoms with Crippen molar-refractivity contribution in [3.05, 3.63) is 83.5 Å². The van der Waals surface area contributed by atoms with Crippen molar-refractivity contribution in [3.63, 3.8) is 0 Å². The van der Waals surface area contributed by atoms with Gasteiger partial charge in [-0.25, -0.2) is 4.79 Å². The summed E-state index contributed by atoms with van der Waals surface area (Å²) < 4.78 is 11.3. The zero-order valence-electron chi connectivity index (χ0n) is 19.0. The van der Waals surface area contributed by atoms with Crippen molar-refractivity contribution in [3.8, 4) is 0 Å². The number of likely N-dealkylation sites (tertiary alicyclic amines) is 1. The number of hydrogen-bond donors (Lipinski definition) is 0. The van der Waals surface area contributed by atoms with Crippen molar-refractivity contribution in [1.29, 1.82) is 0 Å². The average Bonchev–Trinajstić information content (AvgIpc) is 3.41. The first-order valence-corrected chi connectivity index (χ1v) is 11.3. The van der Waals surface area contributed by atoms with Crippen LogP contribution in [0.2, 0.25) is 0 Å². The molecule has 1 fully saturated rings. The van der Waals surface area contributed by atoms with Gasteiger partial charge in [-0.3, -0.25) is 4.90 Å². The summed E-state index contributed by atoms with van der Waals surface area (Å²) >= 11 is 0. The van der Waals surface area contributed by atoms with E-state index in [1.807, 2.05) is 45.0 Å². The lowest BCUT2D eigenvalue weighted by Crippen LogP contribution is -2.36. The number of ether oxygens (including phenoxy) is 1. The number of nitrogens with zero attached hydrogens (tertiary/aromatic N) is 3. The quantitative estimate of drug-likeness (QED) is 0.498. The highest BCUT2D eigenvalue weighted by Gasteiger charge is 2.41. The first-order chi connectivity index (χ1) is 15.4. The predicted molar refractivity (Wildman–Crippen MR) is 122 cm³/mol. The van der Waals surface area contributed by atoms with E-state index < -0.39 is 5.60 Å². The van der Waals surface area contributed by atoms with Gasteiger partial charge in [0.25, 0.3) is 0 Å². The molecule has 0 aliphatic carbocycles. The molecule has 4 rings (SSSR count). The molecule has 6 nitrogen and oxygen atoms in total. The zero-order chi connectivity index (χ0) is 22.6. The monoisotopic (exact) mass is 433 g/mol. The van der Waals surface area contributed by atoms with Gasteiger partial charge in [0.1, 0.15) is 11.6 Å². The van der Waals surface area contributed by atoms with E-state index in [9.17, 15) is 4.79 Å². The molecule has 2 aromatic carbocycles. The third-order valence-electron chi connectivity index (χ3n) is 5.68. The fraction of sp³-hybridized carbons (Fsp3) is 0.423. The molecule has 0 bridgehead atoms. The molecule has 0 N–H and O–H groups in total. The van der Waals surface area contributed by atoms with Gasteiger partial charge in [-0.15, -0.1) is 0 Å². The first-order valence-electron chi connectivity index (χ1n) is 11.3. The Hall–Kier alpha value is -3.15. The van der Waals surface area contributed by atoms with E-state index in [1.165, 1.54) is 11.1 Å². The molecule has 2 atom stereocenters. The largest absolute Gasteiger partial charge is 0.444 e. The zero-order valence-corrected chi connectivity index (χ0v) is 19.0. The normalized spacial score (nSPS) is 18.7. The van der Waals surface area contributed by atoms with Gasteiger partial charge in [-0.2, -0.15) is 4.98 Å². The topological polar surface area (TPSA) is 68.5 Å². The second-order valence-corrected chi connectivity index (χ2v) is 9.38. The second-order valence-electron chi connectivity index (χ2n) is 9.38. The molecular weight excluding hydrogens is 402 g/mol. The van der Waals surface area contributed by atoms with E-state index in [0.717, 1.165) is 25.7 Å². The van der Waals surface area contributed by atoms with Crippen molar-refractivity contribution in [2.75, 3.05) is 6.54 Å². The standard InChI is InChI=1S/C26H31N3O3/c1-26(2,3)31-25(30)29-18-21(20-14-8-5-9-15-20)17-22(29)24-27-23(28-32-24)16-10-13-19-11-6-4-7-12-19/h4-9,11-12,14-15,21-22H,10,13,16-18H2,1-3H3/t21-,22+/m1/s1. The summed E-state index contributed by atoms with van der Waals surface area (Å²) in [4.78, 5) is 19.4. The molecule has 2 heterocycles. The highest BCUT2D eigenvalue weighted by atomic mass is 16.6. The maximum Gasteiger partial charge on any atom is 0.410 e. The minimum Gasteiger partial charge on any atom is -0.444 e. The number of carbonyl (C=O) groups is 1. The first kappa shape index (κ1) is 22.1. The van der Waals surface area contributed by atoms with E-state index in [2.05, 4.69) is 46.5 Å². The lowest BCUT2D eigenvalue weighted by atomic mass is 9.96. The van der Waals surface area contributed by atoms with Crippen LogP contribution in [0.5, 0.6) is 0 Å². The molecule has 0 unspecified atom stereocenters. The van der Waals surface area contributed by atoms with Gasteiger partial charge in [-0.1, -0.05) is 65.8 Å². The minimum atomic E-state index is -0.566. The smallest absolute Gasteiger partial charge is 0.410 e. The van der Waals surface area contributed by atoms with Crippen LogP contribution < -0.4 is 0 Å². The van der Waals surface area contributed by atoms with E-state index in [0.29, 0.717) is 18.3 Å². The Balaban J connectivity index is 1.47. The van der Waals surface area contributed by atoms with Crippen molar-refractivity contribution in [1.82, 2.24) is 15.0 Å². The Bertz CT molecular complexity index is 1010. The molecule has 1 saturated heterocycles. The molecule has 1 aliphatic rings. The SMILES string of the molecule is CC(C)(C)OC(=O)N1C[C@H](c2ccccc2)C[C@H]1c1nc(CCCc2ccccc2)no1. The van der Waals surface area contributed by atoms with Crippen LogP contribution in [-0.2, 0) is 17.6 Å². The number of hydrogen-bond acceptors (Lipinski definition) is 5. The van der Waals surface area contributed by atoms with Crippen LogP contribution in [0.3, 0.4) is 0 Å². The molecule has 6 heteroatoms. The number of amides is 1. The number of aryl methyl sites for hydroxylation is 2. The van der Waals surface area contributed by atoms with Crippen LogP contribution in [0.15, 0.2) is 65.2 Å². The van der Waals surface area contributed by atoms with Crippen molar-refractivity contribution in [2.24, 2.45) is 0 Å². The summed E-state index contributed by atoms with van der Waals surface area (Å²) in [5.74, 6) is 1.37. The summed E-state index contributed by atoms with van der Waals surface area (Å²) in [5.41, 5.74) is 1.93. The van der Waals surface area contributed by atoms with Gasteiger partial charge in [0.05, 0.1) is 0 Å². The number of rotatable bonds is 6. The highest BCUT2D eigenvalue weighted by Crippen LogP contribution is 2.40. The Morgan fingerprint density at radius 2 is 1.75 bits per heavy atom. The summed E-state index contributed by atoms with van der Waals surface area (Å²) in [6.45, 7) is 6.20. The van der Waals surface area contributed by atoms with Gasteiger partial charge in [0.2, 0.25) is 5.89 Å². The second kappa shape index (κ2) is 9.55. The minimum absolute atomic E-state index is 0.196. The van der Waals surface area contributed by atoms with E-state index >= 15 is 0 Å². The molecule has 1 amide bonds. The van der Waals surface area contributed by atoms with Crippen molar-refractivity contribution in [2.45, 2.75) is 64.0 Å². The van der Waals surface area contributed by atoms with Crippen LogP contribution >= 0.6 is 0 Å². The lowest BCUT2D eigenvalue weighted by Gasteiger charge is -2.27. The molecule has 0 spiro atoms. The lowest BCUT2D eigenvalue weighted by molar-refractivity contribution is 0.0198. The van der Waals surface area contributed by atoms with E-state index in [1.54, 1.807) is 4.90 Å². The molecule has 32 heavy (non-hydrogen) atoms. The van der Waals surface area contributed by atoms with Crippen LogP contribution in [0.1, 0.15) is 68.4 Å². The maximum absolute atomic E-state index is 13.0. The Kier molecular flexibility index (Phi) is 6.58. The summed E-state index contributed by atoms with van der Waals surface area (Å²) in [5, 5.41) is 4.19. The van der Waals surface area contributed by atoms with Crippen LogP contribution in [0.25, 0.3) is 0 Å². The third kappa shape index (κ3) is 5.55. The number of carbonyl (C=O) groups excluding carboxylic acids is 1. The highest BCUT2D eigenvalue weighted by molar-refractivity contribution is 5.69. The average molecular weight is 434 g/mol. The molecule has 0 saturated carbocycles. The summed E-state index contributed by atoms with van der Waals surface area (Å²) in [7, 11) is 0. The van der Waals surface area contributed by atoms with Crippen LogP contribution in [0.4, 0.5) is 4.79 Å². The number of aromatic nitrogens is 2. The fourth-order valence-corrected chi connectivity index (χ4v) is 4.16. The van der Waals surface area contributed by atoms with Crippen LogP contribution in [0, 0.1) is 0 Å². The maximum atomic E-state index is 13.0. The summed E-state index contributed by atoms with van der Waals surface area (Å²) in [6.07, 6.45) is 3.03. The number of benzene rings is 2. The molecule has 3 aromatic rings. The Morgan fingerprint density at radius 3 is 2.44 bits per heavy atom. The molecule has 0 radical (unpaired) electrons. The molecule has 1 aromatic heterocycles. The van der Waals surface area contributed by atoms with Gasteiger partial charge in [-0.05, 0) is 51.2 Å². The summed E-state index contributed by atoms with van der Waals surface area (Å²) in [6, 6.07) is 20.3. The van der Waals surface area contributed by atoms with E-state index in [-0.39, 0.29) is 18.1 Å². The van der Waals surface area contributed by atoms with Gasteiger partial charge in [0, 0.05) is 18.9 Å². The fourth-order valence-electron chi connectivity index (χ4n) is 4.16. The van der Waals surface area contributed by atoms with Crippen molar-refractivity contribution >= 4 is 6.09 Å². The van der Waals surface area contributed by atoms with Gasteiger partial charge in [0.15, 0.2) is 5.82 Å². The van der Waals surface area contributed by atoms with Gasteiger partial charge < -0.3 is 9.26 Å². The third-order valence-corrected chi connectivity index (χ3v) is 5.68. The predicted octanol–water partition coefficient (Wildman–Crippen LogP) is 5.71. The van der Waals surface area contributed by atoms with E-state index in [4.69, 9.17) is 9.26 Å². The molecule has 168 valence electrons. The Morgan fingerprint density at radius 1 is 1.06 bits per heavy atom. The molecule has 1 aliphatic heterocycles. The Labute approximate surface area is 189 Å². The van der Waals surface area contributed by atoms with Crippen molar-refractivity contribution < 1.29 is 14.1 Å². The van der Waals surface area contributed by atoms with Gasteiger partial charge >= 0.3 is 6.09 Å². The molecular formula is C26H31N3O3.